The molecule has 7 aliphatic rings. The zero-order valence-corrected chi connectivity index (χ0v) is 65.4. The van der Waals surface area contributed by atoms with E-state index in [1.165, 1.54) is 47.7 Å². The van der Waals surface area contributed by atoms with Crippen LogP contribution in [-0.4, -0.2) is 180 Å². The summed E-state index contributed by atoms with van der Waals surface area (Å²) in [5.74, 6) is 3.21. The van der Waals surface area contributed by atoms with Crippen LogP contribution in [0.3, 0.4) is 0 Å². The number of halogens is 2. The molecule has 15 rings (SSSR count). The smallest absolute Gasteiger partial charge is 0.335 e. The Balaban J connectivity index is 0.000000138. The number of hydrogen-bond acceptors (Lipinski definition) is 28. The number of anilines is 7. The standard InChI is InChI=1S/C20H23N7OS.C19H23N5O2S.C14H15ClN4O4.C14H19ClN4O.C5H5NOS/c1-4-12-6-7-20(5-2)19(28)26(3)14-11-22-16(24-17(14)27(12)20)13-10-23-25-15(13)18-21-8-9-29-18;1-4-12-6-7-19(5-2)18(26)23(3)13-11-21-15(22-16(13)24(12)19)10-14(25)17-20-8-9-27-17;1-4-9-6-7-14(5-2,12(20)23-3)18(9)11-10(19(21)22)8-16-13(15)17-11;1-4-9-6-7-14(5-2)12(20)18(3)10-8-16-13(15)17-11(10)19(9)14;1-4(7)5-6-2-3-8-5/h8-12H,4-7H2,1-3H3,(H,23,25);8-9,11-12H,4-7,10H2,1-3H3;4-5,8-9H,1-2,6-7H2,3H3;8-9H,4-7H2,1-3H3;2-3H,1H3/t12-,20+;12-,19+;2*9-,14+;/m1111./s1. The van der Waals surface area contributed by atoms with Gasteiger partial charge in [0, 0.05) is 80.9 Å². The van der Waals surface area contributed by atoms with Gasteiger partial charge in [0.05, 0.1) is 54.8 Å². The molecule has 4 fully saturated rings. The molecule has 107 heavy (non-hydrogen) atoms. The molecule has 1 N–H and O–H groups in total. The van der Waals surface area contributed by atoms with Crippen LogP contribution in [0, 0.1) is 10.1 Å². The molecule has 0 aliphatic carbocycles. The zero-order valence-electron chi connectivity index (χ0n) is 61.4. The number of carbonyl (C=O) groups excluding carboxylic acids is 6. The summed E-state index contributed by atoms with van der Waals surface area (Å²) in [5, 5.41) is 26.0. The molecule has 35 heteroatoms. The third-order valence-electron chi connectivity index (χ3n) is 21.6. The molecular formula is C72H85Cl2N21O9S3. The van der Waals surface area contributed by atoms with Gasteiger partial charge in [0.1, 0.15) is 56.4 Å². The molecule has 8 atom stereocenters. The van der Waals surface area contributed by atoms with Gasteiger partial charge in [0.15, 0.2) is 50.4 Å². The number of ether oxygens (including phenoxy) is 1. The fraction of sp³-hybridized carbons (Fsp3) is 0.472. The lowest BCUT2D eigenvalue weighted by Gasteiger charge is -2.47. The molecule has 15 heterocycles. The summed E-state index contributed by atoms with van der Waals surface area (Å²) >= 11 is 16.0. The number of carbonyl (C=O) groups is 6. The number of likely N-dealkylation sites (N-methyl/N-ethyl adjacent to an activating group) is 3. The molecule has 3 amide bonds. The number of Topliss-reactive ketones (excluding diaryl/α,β-unsaturated/α-hetero) is 2. The number of fused-ring (bicyclic) bond motifs is 9. The van der Waals surface area contributed by atoms with Crippen molar-refractivity contribution in [2.75, 3.05) is 62.6 Å². The van der Waals surface area contributed by atoms with Crippen LogP contribution < -0.4 is 34.3 Å². The Morgan fingerprint density at radius 1 is 0.617 bits per heavy atom. The van der Waals surface area contributed by atoms with Gasteiger partial charge in [-0.3, -0.25) is 39.2 Å². The first-order valence-corrected chi connectivity index (χ1v) is 38.8. The number of hydrogen-bond donors (Lipinski definition) is 1. The van der Waals surface area contributed by atoms with Crippen molar-refractivity contribution >= 4 is 138 Å². The fourth-order valence-electron chi connectivity index (χ4n) is 16.0. The summed E-state index contributed by atoms with van der Waals surface area (Å²) in [6, 6.07) is 0.560. The number of H-pyrrole nitrogens is 1. The topological polar surface area (TPSA) is 348 Å². The lowest BCUT2D eigenvalue weighted by molar-refractivity contribution is -0.384. The second-order valence-corrected chi connectivity index (χ2v) is 30.0. The highest BCUT2D eigenvalue weighted by Crippen LogP contribution is 2.53. The number of ketones is 2. The normalized spacial score (nSPS) is 23.5. The summed E-state index contributed by atoms with van der Waals surface area (Å²) in [6.45, 7) is 21.7. The highest BCUT2D eigenvalue weighted by molar-refractivity contribution is 7.13. The lowest BCUT2D eigenvalue weighted by Crippen LogP contribution is -2.61. The molecule has 564 valence electrons. The van der Waals surface area contributed by atoms with E-state index < -0.39 is 33.0 Å². The minimum Gasteiger partial charge on any atom is -0.467 e. The SMILES string of the molecule is C=C[C@@H]1CC[C@@](C=C)(C(=O)OC)N1c1nc(Cl)ncc1[N+](=O)[O-].CC(=O)c1nccs1.CC[C@@H]1CC[C@@]2(CC)C(=O)N(C)c3cnc(-c4cn[nH]c4-c4nccs4)nc3N12.CC[C@@H]1CC[C@@]2(CC)C(=O)N(C)c3cnc(CC(=O)c4nccs4)nc3N12.CC[C@@H]1CC[C@@]2(CC)C(=O)N(C)c3cnc(Cl)nc3N12. The van der Waals surface area contributed by atoms with E-state index in [2.05, 4.69) is 124 Å². The summed E-state index contributed by atoms with van der Waals surface area (Å²) in [4.78, 5) is 146. The van der Waals surface area contributed by atoms with E-state index in [0.29, 0.717) is 46.6 Å². The van der Waals surface area contributed by atoms with Gasteiger partial charge in [0.2, 0.25) is 16.4 Å². The van der Waals surface area contributed by atoms with Gasteiger partial charge in [-0.15, -0.1) is 47.2 Å². The third kappa shape index (κ3) is 14.0. The number of nitro groups is 1. The fourth-order valence-corrected chi connectivity index (χ4v) is 18.0. The second-order valence-electron chi connectivity index (χ2n) is 26.7. The number of amides is 3. The van der Waals surface area contributed by atoms with Crippen molar-refractivity contribution < 1.29 is 38.4 Å². The maximum Gasteiger partial charge on any atom is 0.335 e. The van der Waals surface area contributed by atoms with Crippen molar-refractivity contribution in [3.8, 4) is 22.1 Å². The van der Waals surface area contributed by atoms with Crippen molar-refractivity contribution in [3.63, 3.8) is 0 Å². The number of methoxy groups -OCH3 is 1. The number of nitrogens with one attached hydrogen (secondary N) is 1. The molecule has 4 saturated heterocycles. The number of nitrogens with zero attached hydrogens (tertiary/aromatic N) is 20. The Morgan fingerprint density at radius 3 is 1.54 bits per heavy atom. The van der Waals surface area contributed by atoms with Gasteiger partial charge in [0.25, 0.3) is 17.7 Å². The Kier molecular flexibility index (Phi) is 23.7. The summed E-state index contributed by atoms with van der Waals surface area (Å²) in [5.41, 5.74) is 0.720. The predicted octanol–water partition coefficient (Wildman–Crippen LogP) is 12.6. The minimum atomic E-state index is -1.28. The van der Waals surface area contributed by atoms with Crippen molar-refractivity contribution in [2.24, 2.45) is 0 Å². The van der Waals surface area contributed by atoms with Crippen LogP contribution in [0.1, 0.15) is 164 Å². The van der Waals surface area contributed by atoms with E-state index >= 15 is 0 Å². The first-order chi connectivity index (χ1) is 51.4. The van der Waals surface area contributed by atoms with E-state index in [4.69, 9.17) is 37.9 Å². The number of aromatic amines is 1. The molecule has 0 spiro atoms. The summed E-state index contributed by atoms with van der Waals surface area (Å²) < 4.78 is 4.87. The molecule has 0 bridgehead atoms. The Morgan fingerprint density at radius 2 is 1.09 bits per heavy atom. The average molecular weight is 1560 g/mol. The van der Waals surface area contributed by atoms with Crippen molar-refractivity contribution in [1.82, 2.24) is 65.0 Å². The monoisotopic (exact) mass is 1550 g/mol. The van der Waals surface area contributed by atoms with Gasteiger partial charge < -0.3 is 39.0 Å². The highest BCUT2D eigenvalue weighted by atomic mass is 35.5. The van der Waals surface area contributed by atoms with E-state index in [9.17, 15) is 38.9 Å². The molecule has 0 radical (unpaired) electrons. The van der Waals surface area contributed by atoms with Crippen LogP contribution in [0.4, 0.5) is 46.0 Å². The number of esters is 1. The predicted molar refractivity (Wildman–Crippen MR) is 413 cm³/mol. The highest BCUT2D eigenvalue weighted by Gasteiger charge is 2.59. The minimum absolute atomic E-state index is 0.0417. The second kappa shape index (κ2) is 32.4. The van der Waals surface area contributed by atoms with Gasteiger partial charge in [-0.2, -0.15) is 15.1 Å². The largest absolute Gasteiger partial charge is 0.467 e. The van der Waals surface area contributed by atoms with E-state index in [1.54, 1.807) is 100 Å². The lowest BCUT2D eigenvalue weighted by atomic mass is 9.89. The molecule has 7 aliphatic heterocycles. The molecule has 30 nitrogen and oxygen atoms in total. The van der Waals surface area contributed by atoms with Crippen LogP contribution in [0.25, 0.3) is 22.1 Å². The van der Waals surface area contributed by atoms with Crippen molar-refractivity contribution in [3.05, 3.63) is 128 Å². The van der Waals surface area contributed by atoms with Crippen LogP contribution in [0.5, 0.6) is 0 Å². The van der Waals surface area contributed by atoms with Crippen LogP contribution >= 0.6 is 57.2 Å². The molecule has 0 aromatic carbocycles. The van der Waals surface area contributed by atoms with Crippen LogP contribution in [-0.2, 0) is 30.3 Å². The maximum absolute atomic E-state index is 13.3. The number of aromatic nitrogens is 13. The molecule has 0 saturated carbocycles. The first-order valence-electron chi connectivity index (χ1n) is 35.4. The van der Waals surface area contributed by atoms with Crippen LogP contribution in [0.2, 0.25) is 10.6 Å². The van der Waals surface area contributed by atoms with Crippen molar-refractivity contribution in [1.29, 1.82) is 0 Å². The molecular weight excluding hydrogens is 1470 g/mol. The number of thiazole rings is 3. The van der Waals surface area contributed by atoms with Gasteiger partial charge in [-0.05, 0) is 113 Å². The average Bonchev–Trinajstić information content (AvgIpc) is 1.65. The first kappa shape index (κ1) is 78.4. The third-order valence-corrected chi connectivity index (χ3v) is 24.4. The van der Waals surface area contributed by atoms with E-state index in [0.717, 1.165) is 134 Å². The number of rotatable bonds is 17. The van der Waals surface area contributed by atoms with Gasteiger partial charge in [-0.25, -0.2) is 49.7 Å². The van der Waals surface area contributed by atoms with Crippen molar-refractivity contribution in [2.45, 2.75) is 191 Å². The van der Waals surface area contributed by atoms with E-state index in [-0.39, 0.29) is 69.9 Å². The van der Waals surface area contributed by atoms with Crippen LogP contribution in [0.15, 0.2) is 91.0 Å². The Labute approximate surface area is 641 Å². The van der Waals surface area contributed by atoms with E-state index in [1.807, 2.05) is 12.4 Å². The van der Waals surface area contributed by atoms with Gasteiger partial charge >= 0.3 is 11.7 Å². The molecule has 0 unspecified atom stereocenters. The van der Waals surface area contributed by atoms with Gasteiger partial charge in [-0.1, -0.05) is 53.7 Å². The maximum atomic E-state index is 13.3. The Hall–Kier alpha value is -9.70. The summed E-state index contributed by atoms with van der Waals surface area (Å²) in [6.07, 6.45) is 27.6. The molecule has 8 aromatic rings. The quantitative estimate of drug-likeness (QED) is 0.0221. The Bertz CT molecular complexity index is 4650. The summed E-state index contributed by atoms with van der Waals surface area (Å²) in [7, 11) is 6.66. The zero-order chi connectivity index (χ0) is 77.0. The molecule has 8 aromatic heterocycles.